The maximum Gasteiger partial charge on any atom is 0.393 e. The van der Waals surface area contributed by atoms with Gasteiger partial charge in [0.2, 0.25) is 0 Å². The highest BCUT2D eigenvalue weighted by molar-refractivity contribution is 5.40. The van der Waals surface area contributed by atoms with E-state index in [9.17, 15) is 18.3 Å². The summed E-state index contributed by atoms with van der Waals surface area (Å²) >= 11 is 0. The highest BCUT2D eigenvalue weighted by Gasteiger charge is 2.41. The first kappa shape index (κ1) is 14.1. The Bertz CT molecular complexity index is 417. The molecule has 0 bridgehead atoms. The maximum absolute atomic E-state index is 12.7. The molecule has 0 spiro atoms. The van der Waals surface area contributed by atoms with E-state index in [-0.39, 0.29) is 13.0 Å². The van der Waals surface area contributed by atoms with Crippen LogP contribution >= 0.6 is 0 Å². The quantitative estimate of drug-likeness (QED) is 0.900. The van der Waals surface area contributed by atoms with E-state index in [4.69, 9.17) is 0 Å². The van der Waals surface area contributed by atoms with E-state index >= 15 is 0 Å². The fraction of sp³-hybridized carbons (Fsp3) is 0.615. The van der Waals surface area contributed by atoms with Crippen LogP contribution in [0, 0.1) is 5.92 Å². The van der Waals surface area contributed by atoms with Gasteiger partial charge < -0.3 is 10.0 Å². The summed E-state index contributed by atoms with van der Waals surface area (Å²) in [6, 6.07) is 3.37. The van der Waals surface area contributed by atoms with Gasteiger partial charge in [-0.3, -0.25) is 0 Å². The molecule has 0 aromatic carbocycles. The van der Waals surface area contributed by atoms with Crippen molar-refractivity contribution in [2.45, 2.75) is 32.0 Å². The molecule has 2 heterocycles. The number of piperidine rings is 1. The summed E-state index contributed by atoms with van der Waals surface area (Å²) in [6.07, 6.45) is -2.55. The third-order valence-corrected chi connectivity index (χ3v) is 3.46. The molecule has 0 aliphatic carbocycles. The summed E-state index contributed by atoms with van der Waals surface area (Å²) in [5.74, 6) is -0.738. The van der Waals surface area contributed by atoms with Crippen LogP contribution in [0.15, 0.2) is 18.3 Å². The normalized spacial score (nSPS) is 22.4. The molecule has 6 heteroatoms. The van der Waals surface area contributed by atoms with Crippen LogP contribution in [-0.2, 0) is 0 Å². The summed E-state index contributed by atoms with van der Waals surface area (Å²) in [5.41, 5.74) is 0.660. The van der Waals surface area contributed by atoms with Crippen LogP contribution in [0.5, 0.6) is 0 Å². The largest absolute Gasteiger partial charge is 0.393 e. The zero-order valence-corrected chi connectivity index (χ0v) is 10.7. The molecule has 0 saturated carbocycles. The van der Waals surface area contributed by atoms with E-state index < -0.39 is 18.2 Å². The van der Waals surface area contributed by atoms with Gasteiger partial charge in [-0.25, -0.2) is 4.98 Å². The van der Waals surface area contributed by atoms with Crippen molar-refractivity contribution in [3.05, 3.63) is 23.9 Å². The van der Waals surface area contributed by atoms with Crippen LogP contribution in [0.1, 0.15) is 31.4 Å². The summed E-state index contributed by atoms with van der Waals surface area (Å²) in [4.78, 5) is 5.80. The molecule has 1 aromatic heterocycles. The predicted molar refractivity (Wildman–Crippen MR) is 65.9 cm³/mol. The number of aromatic nitrogens is 1. The van der Waals surface area contributed by atoms with Crippen molar-refractivity contribution >= 4 is 5.82 Å². The summed E-state index contributed by atoms with van der Waals surface area (Å²) in [7, 11) is 0. The molecular weight excluding hydrogens is 257 g/mol. The number of pyridine rings is 1. The Kier molecular flexibility index (Phi) is 3.99. The molecular formula is C13H17F3N2O. The molecule has 3 nitrogen and oxygen atoms in total. The van der Waals surface area contributed by atoms with Crippen LogP contribution in [0.3, 0.4) is 0 Å². The molecule has 0 radical (unpaired) electrons. The predicted octanol–water partition coefficient (Wildman–Crippen LogP) is 2.91. The van der Waals surface area contributed by atoms with Crippen molar-refractivity contribution in [1.82, 2.24) is 4.98 Å². The topological polar surface area (TPSA) is 36.4 Å². The molecule has 1 unspecified atom stereocenters. The number of rotatable bonds is 2. The van der Waals surface area contributed by atoms with E-state index in [0.717, 1.165) is 0 Å². The lowest BCUT2D eigenvalue weighted by Gasteiger charge is -2.34. The lowest BCUT2D eigenvalue weighted by molar-refractivity contribution is -0.176. The van der Waals surface area contributed by atoms with Gasteiger partial charge in [0.25, 0.3) is 0 Å². The number of nitrogens with zero attached hydrogens (tertiary/aromatic N) is 2. The smallest absolute Gasteiger partial charge is 0.389 e. The Morgan fingerprint density at radius 3 is 2.68 bits per heavy atom. The van der Waals surface area contributed by atoms with Crippen molar-refractivity contribution in [3.63, 3.8) is 0 Å². The van der Waals surface area contributed by atoms with Gasteiger partial charge in [0.15, 0.2) is 0 Å². The SMILES string of the molecule is C[C@@H](O)c1ccc(N2CCCC(C(F)(F)F)C2)nc1. The number of hydrogen-bond donors (Lipinski definition) is 1. The Morgan fingerprint density at radius 1 is 1.42 bits per heavy atom. The van der Waals surface area contributed by atoms with Gasteiger partial charge in [-0.1, -0.05) is 6.07 Å². The number of aliphatic hydroxyl groups is 1. The van der Waals surface area contributed by atoms with Gasteiger partial charge in [-0.15, -0.1) is 0 Å². The van der Waals surface area contributed by atoms with Gasteiger partial charge in [0, 0.05) is 19.3 Å². The van der Waals surface area contributed by atoms with Crippen LogP contribution in [0.2, 0.25) is 0 Å². The molecule has 1 aromatic rings. The second-order valence-corrected chi connectivity index (χ2v) is 4.95. The summed E-state index contributed by atoms with van der Waals surface area (Å²) < 4.78 is 38.2. The zero-order valence-electron chi connectivity index (χ0n) is 10.7. The number of anilines is 1. The van der Waals surface area contributed by atoms with Crippen LogP contribution in [-0.4, -0.2) is 29.4 Å². The minimum Gasteiger partial charge on any atom is -0.389 e. The maximum atomic E-state index is 12.7. The van der Waals surface area contributed by atoms with Crippen molar-refractivity contribution in [1.29, 1.82) is 0 Å². The van der Waals surface area contributed by atoms with Crippen LogP contribution in [0.4, 0.5) is 19.0 Å². The third-order valence-electron chi connectivity index (χ3n) is 3.46. The Morgan fingerprint density at radius 2 is 2.16 bits per heavy atom. The lowest BCUT2D eigenvalue weighted by Crippen LogP contribution is -2.42. The van der Waals surface area contributed by atoms with E-state index in [1.807, 2.05) is 0 Å². The zero-order chi connectivity index (χ0) is 14.0. The summed E-state index contributed by atoms with van der Waals surface area (Å²) in [6.45, 7) is 2.18. The first-order valence-corrected chi connectivity index (χ1v) is 6.33. The first-order valence-electron chi connectivity index (χ1n) is 6.33. The van der Waals surface area contributed by atoms with Crippen LogP contribution < -0.4 is 4.90 Å². The molecule has 0 amide bonds. The molecule has 1 fully saturated rings. The lowest BCUT2D eigenvalue weighted by atomic mass is 9.97. The minimum absolute atomic E-state index is 0.0372. The third kappa shape index (κ3) is 3.37. The molecule has 19 heavy (non-hydrogen) atoms. The number of aliphatic hydroxyl groups excluding tert-OH is 1. The van der Waals surface area contributed by atoms with Crippen molar-refractivity contribution < 1.29 is 18.3 Å². The fourth-order valence-corrected chi connectivity index (χ4v) is 2.28. The van der Waals surface area contributed by atoms with E-state index in [1.165, 1.54) is 6.20 Å². The Labute approximate surface area is 110 Å². The van der Waals surface area contributed by atoms with Crippen molar-refractivity contribution in [2.75, 3.05) is 18.0 Å². The van der Waals surface area contributed by atoms with E-state index in [0.29, 0.717) is 24.3 Å². The van der Waals surface area contributed by atoms with Crippen LogP contribution in [0.25, 0.3) is 0 Å². The monoisotopic (exact) mass is 274 g/mol. The highest BCUT2D eigenvalue weighted by Crippen LogP contribution is 2.34. The standard InChI is InChI=1S/C13H17F3N2O/c1-9(19)10-4-5-12(17-7-10)18-6-2-3-11(8-18)13(14,15)16/h4-5,7,9,11,19H,2-3,6,8H2,1H3/t9-,11?/m1/s1. The molecule has 1 aliphatic heterocycles. The molecule has 1 saturated heterocycles. The average Bonchev–Trinajstić information content (AvgIpc) is 2.38. The Hall–Kier alpha value is -1.30. The second kappa shape index (κ2) is 5.36. The molecule has 2 atom stereocenters. The highest BCUT2D eigenvalue weighted by atomic mass is 19.4. The molecule has 1 aliphatic rings. The number of alkyl halides is 3. The van der Waals surface area contributed by atoms with Crippen molar-refractivity contribution in [2.24, 2.45) is 5.92 Å². The second-order valence-electron chi connectivity index (χ2n) is 4.95. The first-order chi connectivity index (χ1) is 8.88. The van der Waals surface area contributed by atoms with Gasteiger partial charge >= 0.3 is 6.18 Å². The molecule has 106 valence electrons. The fourth-order valence-electron chi connectivity index (χ4n) is 2.28. The van der Waals surface area contributed by atoms with Gasteiger partial charge in [-0.2, -0.15) is 13.2 Å². The Balaban J connectivity index is 2.09. The van der Waals surface area contributed by atoms with E-state index in [1.54, 1.807) is 24.0 Å². The number of hydrogen-bond acceptors (Lipinski definition) is 3. The van der Waals surface area contributed by atoms with E-state index in [2.05, 4.69) is 4.98 Å². The minimum atomic E-state index is -4.14. The van der Waals surface area contributed by atoms with Crippen molar-refractivity contribution in [3.8, 4) is 0 Å². The average molecular weight is 274 g/mol. The summed E-state index contributed by atoms with van der Waals surface area (Å²) in [5, 5.41) is 9.37. The molecule has 2 rings (SSSR count). The number of halogens is 3. The van der Waals surface area contributed by atoms with Gasteiger partial charge in [-0.05, 0) is 31.4 Å². The molecule has 1 N–H and O–H groups in total. The van der Waals surface area contributed by atoms with Gasteiger partial charge in [0.05, 0.1) is 12.0 Å². The van der Waals surface area contributed by atoms with Gasteiger partial charge in [0.1, 0.15) is 5.82 Å².